The van der Waals surface area contributed by atoms with Gasteiger partial charge in [-0.2, -0.15) is 0 Å². The van der Waals surface area contributed by atoms with Crippen molar-refractivity contribution in [3.05, 3.63) is 100 Å². The van der Waals surface area contributed by atoms with Crippen LogP contribution >= 0.6 is 0 Å². The second kappa shape index (κ2) is 9.51. The zero-order valence-electron chi connectivity index (χ0n) is 18.2. The number of H-pyrrole nitrogens is 1. The van der Waals surface area contributed by atoms with E-state index in [1.54, 1.807) is 60.8 Å². The van der Waals surface area contributed by atoms with E-state index in [1.807, 2.05) is 0 Å². The smallest absolute Gasteiger partial charge is 0.330 e. The summed E-state index contributed by atoms with van der Waals surface area (Å²) < 4.78 is 6.51. The number of carbonyl (C=O) groups is 1. The molecule has 0 atom stereocenters. The third-order valence-electron chi connectivity index (χ3n) is 5.30. The molecule has 8 heteroatoms. The van der Waals surface area contributed by atoms with Gasteiger partial charge in [-0.25, -0.2) is 4.79 Å². The van der Waals surface area contributed by atoms with Crippen molar-refractivity contribution in [2.75, 3.05) is 7.11 Å². The molecule has 0 aliphatic rings. The summed E-state index contributed by atoms with van der Waals surface area (Å²) in [6.45, 7) is -0.378. The lowest BCUT2D eigenvalue weighted by Crippen LogP contribution is -2.14. The number of carbonyl (C=O) groups excluding carboxylic acids is 1. The molecule has 0 unspecified atom stereocenters. The number of aromatic hydroxyl groups is 2. The van der Waals surface area contributed by atoms with E-state index in [-0.39, 0.29) is 40.9 Å². The number of allylic oxidation sites excluding steroid dienone is 1. The van der Waals surface area contributed by atoms with Gasteiger partial charge in [-0.1, -0.05) is 18.2 Å². The average molecular weight is 458 g/mol. The topological polar surface area (TPSA) is 125 Å². The van der Waals surface area contributed by atoms with E-state index >= 15 is 0 Å². The average Bonchev–Trinajstić information content (AvgIpc) is 3.25. The Morgan fingerprint density at radius 2 is 1.85 bits per heavy atom. The van der Waals surface area contributed by atoms with E-state index in [1.165, 1.54) is 29.9 Å². The number of methoxy groups -OCH3 is 1. The molecule has 34 heavy (non-hydrogen) atoms. The highest BCUT2D eigenvalue weighted by Gasteiger charge is 2.11. The monoisotopic (exact) mass is 458 g/mol. The van der Waals surface area contributed by atoms with Crippen LogP contribution in [0.4, 0.5) is 0 Å². The van der Waals surface area contributed by atoms with Crippen molar-refractivity contribution in [1.82, 2.24) is 9.55 Å². The maximum atomic E-state index is 12.8. The van der Waals surface area contributed by atoms with E-state index in [0.717, 1.165) is 5.56 Å². The second-order valence-corrected chi connectivity index (χ2v) is 7.53. The Bertz CT molecular complexity index is 1410. The summed E-state index contributed by atoms with van der Waals surface area (Å²) in [7, 11) is 1.40. The Hall–Kier alpha value is -4.56. The summed E-state index contributed by atoms with van der Waals surface area (Å²) in [6, 6.07) is 16.2. The number of phenolic OH excluding ortho intramolecular Hbond substituents is 1. The van der Waals surface area contributed by atoms with Crippen LogP contribution in [0.1, 0.15) is 21.5 Å². The van der Waals surface area contributed by atoms with Gasteiger partial charge in [-0.05, 0) is 65.7 Å². The first-order valence-electron chi connectivity index (χ1n) is 10.3. The highest BCUT2D eigenvalue weighted by atomic mass is 16.5. The number of rotatable bonds is 7. The van der Waals surface area contributed by atoms with Gasteiger partial charge >= 0.3 is 5.69 Å². The normalized spacial score (nSPS) is 11.1. The minimum atomic E-state index is -0.378. The maximum absolute atomic E-state index is 12.8. The molecule has 3 aromatic carbocycles. The van der Waals surface area contributed by atoms with Gasteiger partial charge in [-0.3, -0.25) is 9.36 Å². The largest absolute Gasteiger partial charge is 0.508 e. The molecule has 0 amide bonds. The summed E-state index contributed by atoms with van der Waals surface area (Å²) in [4.78, 5) is 28.1. The molecule has 1 heterocycles. The van der Waals surface area contributed by atoms with Crippen LogP contribution in [0.3, 0.4) is 0 Å². The first-order valence-corrected chi connectivity index (χ1v) is 10.3. The molecule has 0 radical (unpaired) electrons. The van der Waals surface area contributed by atoms with Crippen molar-refractivity contribution in [3.8, 4) is 34.2 Å². The Morgan fingerprint density at radius 1 is 1.09 bits per heavy atom. The molecule has 8 nitrogen and oxygen atoms in total. The number of nitrogens with zero attached hydrogens (tertiary/aromatic N) is 1. The van der Waals surface area contributed by atoms with Gasteiger partial charge in [0.05, 0.1) is 25.1 Å². The van der Waals surface area contributed by atoms with Gasteiger partial charge < -0.3 is 25.0 Å². The Balaban J connectivity index is 1.60. The molecule has 0 saturated heterocycles. The summed E-state index contributed by atoms with van der Waals surface area (Å²) in [5, 5.41) is 28.9. The number of ether oxygens (including phenoxy) is 1. The molecule has 4 rings (SSSR count). The lowest BCUT2D eigenvalue weighted by atomic mass is 10.1. The molecule has 0 spiro atoms. The number of hydrogen-bond donors (Lipinski definition) is 4. The standard InChI is InChI=1S/C26H22N2O6/c1-34-24-12-16(11-19(15-29)25(24)32)5-10-23(31)18-3-2-4-20(13-18)28-14-22(27-26(28)33)17-6-8-21(30)9-7-17/h2-14,29-30,32H,15H2,1H3,(H,27,33). The first kappa shape index (κ1) is 22.6. The Labute approximate surface area is 194 Å². The fourth-order valence-corrected chi connectivity index (χ4v) is 3.51. The minimum absolute atomic E-state index is 0.128. The van der Waals surface area contributed by atoms with Crippen LogP contribution in [-0.4, -0.2) is 37.8 Å². The van der Waals surface area contributed by atoms with Gasteiger partial charge in [0.2, 0.25) is 0 Å². The number of benzene rings is 3. The number of aromatic nitrogens is 2. The van der Waals surface area contributed by atoms with E-state index in [9.17, 15) is 24.9 Å². The fraction of sp³-hybridized carbons (Fsp3) is 0.0769. The zero-order valence-corrected chi connectivity index (χ0v) is 18.2. The highest BCUT2D eigenvalue weighted by molar-refractivity contribution is 6.07. The number of hydrogen-bond acceptors (Lipinski definition) is 6. The van der Waals surface area contributed by atoms with Crippen molar-refractivity contribution < 1.29 is 24.9 Å². The van der Waals surface area contributed by atoms with Crippen molar-refractivity contribution in [3.63, 3.8) is 0 Å². The number of aliphatic hydroxyl groups excluding tert-OH is 1. The molecule has 0 aliphatic heterocycles. The summed E-state index contributed by atoms with van der Waals surface area (Å²) in [6.07, 6.45) is 4.56. The fourth-order valence-electron chi connectivity index (χ4n) is 3.51. The van der Waals surface area contributed by atoms with Gasteiger partial charge in [-0.15, -0.1) is 0 Å². The van der Waals surface area contributed by atoms with Crippen molar-refractivity contribution in [2.45, 2.75) is 6.61 Å². The molecule has 0 fully saturated rings. The van der Waals surface area contributed by atoms with Crippen molar-refractivity contribution in [1.29, 1.82) is 0 Å². The van der Waals surface area contributed by atoms with Crippen LogP contribution < -0.4 is 10.4 Å². The number of imidazole rings is 1. The van der Waals surface area contributed by atoms with E-state index in [4.69, 9.17) is 4.74 Å². The van der Waals surface area contributed by atoms with Gasteiger partial charge in [0.15, 0.2) is 17.3 Å². The quantitative estimate of drug-likeness (QED) is 0.248. The van der Waals surface area contributed by atoms with Gasteiger partial charge in [0.25, 0.3) is 0 Å². The third kappa shape index (κ3) is 4.62. The van der Waals surface area contributed by atoms with Crippen molar-refractivity contribution >= 4 is 11.9 Å². The molecular weight excluding hydrogens is 436 g/mol. The van der Waals surface area contributed by atoms with Crippen LogP contribution in [-0.2, 0) is 6.61 Å². The number of nitrogens with one attached hydrogen (secondary N) is 1. The number of ketones is 1. The maximum Gasteiger partial charge on any atom is 0.330 e. The van der Waals surface area contributed by atoms with Gasteiger partial charge in [0.1, 0.15) is 5.75 Å². The number of aromatic amines is 1. The van der Waals surface area contributed by atoms with E-state index < -0.39 is 0 Å². The molecule has 0 bridgehead atoms. The van der Waals surface area contributed by atoms with E-state index in [0.29, 0.717) is 22.5 Å². The zero-order chi connectivity index (χ0) is 24.2. The number of phenols is 2. The summed E-state index contributed by atoms with van der Waals surface area (Å²) >= 11 is 0. The Morgan fingerprint density at radius 3 is 2.56 bits per heavy atom. The van der Waals surface area contributed by atoms with E-state index in [2.05, 4.69) is 4.98 Å². The van der Waals surface area contributed by atoms with Crippen LogP contribution in [0.2, 0.25) is 0 Å². The predicted molar refractivity (Wildman–Crippen MR) is 127 cm³/mol. The lowest BCUT2D eigenvalue weighted by Gasteiger charge is -2.08. The SMILES string of the molecule is COc1cc(C=CC(=O)c2cccc(-n3cc(-c4ccc(O)cc4)[nH]c3=O)c2)cc(CO)c1O. The van der Waals surface area contributed by atoms with Crippen LogP contribution in [0.15, 0.2) is 77.7 Å². The minimum Gasteiger partial charge on any atom is -0.508 e. The molecule has 4 N–H and O–H groups in total. The van der Waals surface area contributed by atoms with Crippen molar-refractivity contribution in [2.24, 2.45) is 0 Å². The van der Waals surface area contributed by atoms with Crippen LogP contribution in [0, 0.1) is 0 Å². The number of aliphatic hydroxyl groups is 1. The van der Waals surface area contributed by atoms with Crippen LogP contribution in [0.5, 0.6) is 17.2 Å². The first-order chi connectivity index (χ1) is 16.4. The molecular formula is C26H22N2O6. The van der Waals surface area contributed by atoms with Crippen LogP contribution in [0.25, 0.3) is 23.0 Å². The Kier molecular flexibility index (Phi) is 6.33. The summed E-state index contributed by atoms with van der Waals surface area (Å²) in [5.41, 5.74) is 2.68. The molecule has 4 aromatic rings. The lowest BCUT2D eigenvalue weighted by molar-refractivity contribution is 0.104. The molecule has 0 aliphatic carbocycles. The third-order valence-corrected chi connectivity index (χ3v) is 5.30. The highest BCUT2D eigenvalue weighted by Crippen LogP contribution is 2.32. The summed E-state index contributed by atoms with van der Waals surface area (Å²) in [5.74, 6) is -0.119. The molecule has 172 valence electrons. The molecule has 1 aromatic heterocycles. The molecule has 0 saturated carbocycles. The van der Waals surface area contributed by atoms with Gasteiger partial charge in [0, 0.05) is 17.3 Å². The predicted octanol–water partition coefficient (Wildman–Crippen LogP) is 3.64. The second-order valence-electron chi connectivity index (χ2n) is 7.53.